The Bertz CT molecular complexity index is 567. The number of hydrogen-bond donors (Lipinski definition) is 1. The van der Waals surface area contributed by atoms with Gasteiger partial charge in [-0.1, -0.05) is 110 Å². The Morgan fingerprint density at radius 2 is 1.19 bits per heavy atom. The number of unbranched alkanes of at least 4 members (excludes halogenated alkanes) is 15. The van der Waals surface area contributed by atoms with Crippen molar-refractivity contribution in [3.63, 3.8) is 0 Å². The van der Waals surface area contributed by atoms with Crippen LogP contribution in [-0.2, 0) is 0 Å². The van der Waals surface area contributed by atoms with Crippen molar-refractivity contribution in [3.8, 4) is 11.5 Å². The van der Waals surface area contributed by atoms with E-state index in [1.165, 1.54) is 83.5 Å². The summed E-state index contributed by atoms with van der Waals surface area (Å²) in [6, 6.07) is 5.05. The third kappa shape index (κ3) is 14.2. The Morgan fingerprint density at radius 3 is 1.68 bits per heavy atom. The SMILES string of the molecule is CCCCCCCCCCCCCCCCCC(=O)c1ccc(OCCCC)cc1O. The maximum Gasteiger partial charge on any atom is 0.166 e. The molecule has 1 N–H and O–H groups in total. The van der Waals surface area contributed by atoms with Crippen molar-refractivity contribution in [1.82, 2.24) is 0 Å². The summed E-state index contributed by atoms with van der Waals surface area (Å²) in [4.78, 5) is 12.4. The van der Waals surface area contributed by atoms with Crippen molar-refractivity contribution in [2.45, 2.75) is 129 Å². The van der Waals surface area contributed by atoms with Gasteiger partial charge in [0, 0.05) is 12.5 Å². The molecule has 0 amide bonds. The van der Waals surface area contributed by atoms with Crippen LogP contribution >= 0.6 is 0 Å². The molecule has 0 fully saturated rings. The molecule has 1 aromatic carbocycles. The van der Waals surface area contributed by atoms with Gasteiger partial charge < -0.3 is 9.84 Å². The lowest BCUT2D eigenvalue weighted by molar-refractivity contribution is 0.0976. The molecule has 178 valence electrons. The monoisotopic (exact) mass is 432 g/mol. The zero-order chi connectivity index (χ0) is 22.6. The van der Waals surface area contributed by atoms with Crippen LogP contribution < -0.4 is 4.74 Å². The average molecular weight is 433 g/mol. The molecule has 0 saturated heterocycles. The Labute approximate surface area is 192 Å². The molecule has 3 heteroatoms. The third-order valence-electron chi connectivity index (χ3n) is 6.04. The predicted molar refractivity (Wildman–Crippen MR) is 132 cm³/mol. The van der Waals surface area contributed by atoms with Crippen molar-refractivity contribution in [2.75, 3.05) is 6.61 Å². The van der Waals surface area contributed by atoms with Gasteiger partial charge in [-0.3, -0.25) is 4.79 Å². The molecular weight excluding hydrogens is 384 g/mol. The topological polar surface area (TPSA) is 46.5 Å². The predicted octanol–water partition coefficient (Wildman–Crippen LogP) is 9.02. The fraction of sp³-hybridized carbons (Fsp3) is 0.750. The number of ketones is 1. The molecule has 0 aliphatic heterocycles. The molecule has 1 aromatic rings. The second-order valence-corrected chi connectivity index (χ2v) is 9.00. The van der Waals surface area contributed by atoms with E-state index in [4.69, 9.17) is 4.74 Å². The van der Waals surface area contributed by atoms with Crippen LogP contribution in [0.25, 0.3) is 0 Å². The number of hydrogen-bond acceptors (Lipinski definition) is 3. The van der Waals surface area contributed by atoms with Crippen LogP contribution in [0.2, 0.25) is 0 Å². The van der Waals surface area contributed by atoms with E-state index in [2.05, 4.69) is 13.8 Å². The number of carbonyl (C=O) groups is 1. The molecule has 0 unspecified atom stereocenters. The summed E-state index contributed by atoms with van der Waals surface area (Å²) in [5, 5.41) is 10.1. The molecule has 3 nitrogen and oxygen atoms in total. The summed E-state index contributed by atoms with van der Waals surface area (Å²) < 4.78 is 5.58. The van der Waals surface area contributed by atoms with Gasteiger partial charge in [-0.05, 0) is 25.0 Å². The Morgan fingerprint density at radius 1 is 0.710 bits per heavy atom. The number of phenols is 1. The number of carbonyl (C=O) groups excluding carboxylic acids is 1. The zero-order valence-electron chi connectivity index (χ0n) is 20.4. The Balaban J connectivity index is 1.99. The molecule has 1 rings (SSSR count). The molecule has 0 bridgehead atoms. The van der Waals surface area contributed by atoms with Gasteiger partial charge in [0.15, 0.2) is 5.78 Å². The number of aromatic hydroxyl groups is 1. The van der Waals surface area contributed by atoms with Crippen LogP contribution in [0.3, 0.4) is 0 Å². The fourth-order valence-electron chi connectivity index (χ4n) is 3.96. The van der Waals surface area contributed by atoms with Gasteiger partial charge in [-0.25, -0.2) is 0 Å². The van der Waals surface area contributed by atoms with E-state index in [-0.39, 0.29) is 11.5 Å². The van der Waals surface area contributed by atoms with Gasteiger partial charge in [-0.2, -0.15) is 0 Å². The van der Waals surface area contributed by atoms with Gasteiger partial charge >= 0.3 is 0 Å². The van der Waals surface area contributed by atoms with Crippen LogP contribution in [0.1, 0.15) is 140 Å². The summed E-state index contributed by atoms with van der Waals surface area (Å²) >= 11 is 0. The summed E-state index contributed by atoms with van der Waals surface area (Å²) in [6.45, 7) is 5.03. The fourth-order valence-corrected chi connectivity index (χ4v) is 3.96. The van der Waals surface area contributed by atoms with Gasteiger partial charge in [-0.15, -0.1) is 0 Å². The van der Waals surface area contributed by atoms with Crippen LogP contribution in [0, 0.1) is 0 Å². The largest absolute Gasteiger partial charge is 0.507 e. The average Bonchev–Trinajstić information content (AvgIpc) is 2.76. The quantitative estimate of drug-likeness (QED) is 0.156. The first-order chi connectivity index (χ1) is 15.2. The van der Waals surface area contributed by atoms with Gasteiger partial charge in [0.25, 0.3) is 0 Å². The van der Waals surface area contributed by atoms with E-state index in [1.54, 1.807) is 18.2 Å². The lowest BCUT2D eigenvalue weighted by atomic mass is 10.0. The van der Waals surface area contributed by atoms with Crippen molar-refractivity contribution in [2.24, 2.45) is 0 Å². The summed E-state index contributed by atoms with van der Waals surface area (Å²) in [5.41, 5.74) is 0.424. The first kappa shape index (κ1) is 27.5. The molecule has 0 aliphatic carbocycles. The lowest BCUT2D eigenvalue weighted by Gasteiger charge is -2.08. The molecule has 0 spiro atoms. The number of ether oxygens (including phenoxy) is 1. The smallest absolute Gasteiger partial charge is 0.166 e. The van der Waals surface area contributed by atoms with E-state index < -0.39 is 0 Å². The number of phenolic OH excluding ortho intramolecular Hbond substituents is 1. The summed E-state index contributed by atoms with van der Waals surface area (Å²) in [5.74, 6) is 0.710. The highest BCUT2D eigenvalue weighted by atomic mass is 16.5. The minimum atomic E-state index is 0.0345. The normalized spacial score (nSPS) is 11.0. The van der Waals surface area contributed by atoms with Crippen molar-refractivity contribution < 1.29 is 14.6 Å². The first-order valence-electron chi connectivity index (χ1n) is 13.2. The second kappa shape index (κ2) is 19.2. The van der Waals surface area contributed by atoms with E-state index >= 15 is 0 Å². The molecule has 31 heavy (non-hydrogen) atoms. The van der Waals surface area contributed by atoms with Crippen molar-refractivity contribution >= 4 is 5.78 Å². The third-order valence-corrected chi connectivity index (χ3v) is 6.04. The molecule has 0 radical (unpaired) electrons. The molecule has 0 aromatic heterocycles. The number of rotatable bonds is 21. The van der Waals surface area contributed by atoms with Crippen LogP contribution in [-0.4, -0.2) is 17.5 Å². The molecule has 0 atom stereocenters. The second-order valence-electron chi connectivity index (χ2n) is 9.00. The van der Waals surface area contributed by atoms with Crippen molar-refractivity contribution in [1.29, 1.82) is 0 Å². The van der Waals surface area contributed by atoms with Crippen LogP contribution in [0.15, 0.2) is 18.2 Å². The Hall–Kier alpha value is -1.51. The van der Waals surface area contributed by atoms with Crippen molar-refractivity contribution in [3.05, 3.63) is 23.8 Å². The highest BCUT2D eigenvalue weighted by Crippen LogP contribution is 2.25. The zero-order valence-corrected chi connectivity index (χ0v) is 20.4. The minimum Gasteiger partial charge on any atom is -0.507 e. The maximum absolute atomic E-state index is 12.4. The van der Waals surface area contributed by atoms with E-state index in [0.29, 0.717) is 24.3 Å². The molecule has 0 saturated carbocycles. The van der Waals surface area contributed by atoms with Gasteiger partial charge in [0.2, 0.25) is 0 Å². The van der Waals surface area contributed by atoms with Crippen LogP contribution in [0.5, 0.6) is 11.5 Å². The number of Topliss-reactive ketones (excluding diaryl/α,β-unsaturated/α-hetero) is 1. The maximum atomic E-state index is 12.4. The first-order valence-corrected chi connectivity index (χ1v) is 13.2. The van der Waals surface area contributed by atoms with Gasteiger partial charge in [0.05, 0.1) is 12.2 Å². The highest BCUT2D eigenvalue weighted by Gasteiger charge is 2.12. The molecule has 0 heterocycles. The molecular formula is C28H48O3. The Kier molecular flexibility index (Phi) is 17.0. The van der Waals surface area contributed by atoms with Gasteiger partial charge in [0.1, 0.15) is 11.5 Å². The van der Waals surface area contributed by atoms with E-state index in [9.17, 15) is 9.90 Å². The van der Waals surface area contributed by atoms with E-state index in [0.717, 1.165) is 25.7 Å². The summed E-state index contributed by atoms with van der Waals surface area (Å²) in [6.07, 6.45) is 22.4. The standard InChI is InChI=1S/C28H48O3/c1-3-5-7-8-9-10-11-12-13-14-15-16-17-18-19-20-27(29)26-22-21-25(24-28(26)30)31-23-6-4-2/h21-22,24,30H,3-20,23H2,1-2H3. The van der Waals surface area contributed by atoms with E-state index in [1.807, 2.05) is 0 Å². The molecule has 0 aliphatic rings. The lowest BCUT2D eigenvalue weighted by Crippen LogP contribution is -2.01. The highest BCUT2D eigenvalue weighted by molar-refractivity contribution is 5.98. The van der Waals surface area contributed by atoms with Crippen LogP contribution in [0.4, 0.5) is 0 Å². The summed E-state index contributed by atoms with van der Waals surface area (Å²) in [7, 11) is 0. The minimum absolute atomic E-state index is 0.0345. The number of benzene rings is 1.